The fourth-order valence-electron chi connectivity index (χ4n) is 2.06. The minimum absolute atomic E-state index is 0.0106. The van der Waals surface area contributed by atoms with Crippen molar-refractivity contribution in [3.05, 3.63) is 0 Å². The Morgan fingerprint density at radius 2 is 1.32 bits per heavy atom. The van der Waals surface area contributed by atoms with Gasteiger partial charge in [0.15, 0.2) is 9.04 Å². The van der Waals surface area contributed by atoms with Gasteiger partial charge in [-0.25, -0.2) is 0 Å². The SMILES string of the molecule is CC[Si](C)(C)C(C)(C)O[Si](C)(C)C(C)(C)O[SiH](C)C. The molecule has 0 radical (unpaired) electrons. The van der Waals surface area contributed by atoms with E-state index < -0.39 is 25.4 Å². The van der Waals surface area contributed by atoms with Crippen LogP contribution in [0.4, 0.5) is 0 Å². The molecule has 0 aliphatic carbocycles. The first kappa shape index (κ1) is 19.6. The molecule has 19 heavy (non-hydrogen) atoms. The molecule has 0 atom stereocenters. The first-order valence-corrected chi connectivity index (χ1v) is 16.5. The Kier molecular flexibility index (Phi) is 6.32. The van der Waals surface area contributed by atoms with E-state index in [9.17, 15) is 0 Å². The molecule has 5 heteroatoms. The van der Waals surface area contributed by atoms with Crippen LogP contribution in [0.3, 0.4) is 0 Å². The van der Waals surface area contributed by atoms with Gasteiger partial charge in [-0.1, -0.05) is 26.1 Å². The zero-order valence-electron chi connectivity index (χ0n) is 15.1. The van der Waals surface area contributed by atoms with Gasteiger partial charge in [0.2, 0.25) is 8.32 Å². The molecule has 0 rings (SSSR count). The van der Waals surface area contributed by atoms with E-state index in [1.165, 1.54) is 6.04 Å². The largest absolute Gasteiger partial charge is 0.416 e. The zero-order chi connectivity index (χ0) is 15.7. The smallest absolute Gasteiger partial charge is 0.216 e. The van der Waals surface area contributed by atoms with E-state index in [2.05, 4.69) is 73.9 Å². The van der Waals surface area contributed by atoms with E-state index >= 15 is 0 Å². The summed E-state index contributed by atoms with van der Waals surface area (Å²) in [5, 5.41) is -0.0977. The third-order valence-electron chi connectivity index (χ3n) is 5.00. The average Bonchev–Trinajstić information content (AvgIpc) is 2.13. The highest BCUT2D eigenvalue weighted by atomic mass is 28.4. The van der Waals surface area contributed by atoms with Gasteiger partial charge in [0.05, 0.1) is 13.3 Å². The molecule has 0 N–H and O–H groups in total. The second-order valence-corrected chi connectivity index (χ2v) is 20.5. The van der Waals surface area contributed by atoms with Crippen LogP contribution in [-0.4, -0.2) is 35.9 Å². The highest BCUT2D eigenvalue weighted by molar-refractivity contribution is 6.82. The molecule has 0 spiro atoms. The zero-order valence-corrected chi connectivity index (χ0v) is 18.3. The van der Waals surface area contributed by atoms with Crippen molar-refractivity contribution in [3.63, 3.8) is 0 Å². The van der Waals surface area contributed by atoms with Gasteiger partial charge in [-0.2, -0.15) is 0 Å². The van der Waals surface area contributed by atoms with E-state index in [1.807, 2.05) is 0 Å². The van der Waals surface area contributed by atoms with E-state index in [-0.39, 0.29) is 10.4 Å². The molecular weight excluding hydrogens is 284 g/mol. The summed E-state index contributed by atoms with van der Waals surface area (Å²) in [4.78, 5) is 0. The van der Waals surface area contributed by atoms with Crippen LogP contribution in [0, 0.1) is 0 Å². The molecule has 2 nitrogen and oxygen atoms in total. The molecule has 116 valence electrons. The molecule has 0 aromatic heterocycles. The van der Waals surface area contributed by atoms with Crippen molar-refractivity contribution in [3.8, 4) is 0 Å². The fourth-order valence-corrected chi connectivity index (χ4v) is 9.32. The van der Waals surface area contributed by atoms with Crippen molar-refractivity contribution in [2.45, 2.75) is 90.4 Å². The topological polar surface area (TPSA) is 18.5 Å². The molecule has 0 aromatic carbocycles. The Labute approximate surface area is 125 Å². The van der Waals surface area contributed by atoms with E-state index in [4.69, 9.17) is 8.85 Å². The van der Waals surface area contributed by atoms with Crippen molar-refractivity contribution < 1.29 is 8.85 Å². The molecule has 0 fully saturated rings. The maximum atomic E-state index is 6.74. The van der Waals surface area contributed by atoms with Gasteiger partial charge in [0.1, 0.15) is 0 Å². The molecule has 0 unspecified atom stereocenters. The van der Waals surface area contributed by atoms with Crippen LogP contribution in [-0.2, 0) is 8.85 Å². The maximum absolute atomic E-state index is 6.74. The van der Waals surface area contributed by atoms with E-state index in [0.717, 1.165) is 0 Å². The Morgan fingerprint density at radius 3 is 1.63 bits per heavy atom. The Bertz CT molecular complexity index is 297. The van der Waals surface area contributed by atoms with Gasteiger partial charge in [0, 0.05) is 5.22 Å². The Hall–Kier alpha value is 0.571. The van der Waals surface area contributed by atoms with Crippen molar-refractivity contribution in [2.24, 2.45) is 0 Å². The normalized spacial score (nSPS) is 15.2. The van der Waals surface area contributed by atoms with Crippen molar-refractivity contribution >= 4 is 25.4 Å². The lowest BCUT2D eigenvalue weighted by Gasteiger charge is -2.50. The first-order valence-electron chi connectivity index (χ1n) is 7.56. The van der Waals surface area contributed by atoms with Gasteiger partial charge in [-0.15, -0.1) is 0 Å². The molecule has 0 aliphatic heterocycles. The molecule has 0 aliphatic rings. The summed E-state index contributed by atoms with van der Waals surface area (Å²) in [6.07, 6.45) is 0. The average molecular weight is 321 g/mol. The van der Waals surface area contributed by atoms with Crippen molar-refractivity contribution in [1.29, 1.82) is 0 Å². The van der Waals surface area contributed by atoms with Crippen molar-refractivity contribution in [1.82, 2.24) is 0 Å². The molecule has 0 amide bonds. The van der Waals surface area contributed by atoms with Gasteiger partial charge in [-0.3, -0.25) is 0 Å². The second-order valence-electron chi connectivity index (χ2n) is 8.04. The summed E-state index contributed by atoms with van der Waals surface area (Å²) in [6.45, 7) is 25.3. The highest BCUT2D eigenvalue weighted by Crippen LogP contribution is 2.35. The standard InChI is InChI=1S/C14H36O2Si3/c1-12-18(8,9)14(4,5)16-19(10,11)13(2,3)15-17(6)7/h17H,12H2,1-11H3. The monoisotopic (exact) mass is 320 g/mol. The lowest BCUT2D eigenvalue weighted by atomic mass is 10.5. The molecule has 0 saturated carbocycles. The summed E-state index contributed by atoms with van der Waals surface area (Å²) in [5.74, 6) is 0. The Morgan fingerprint density at radius 1 is 0.895 bits per heavy atom. The predicted octanol–water partition coefficient (Wildman–Crippen LogP) is 4.57. The van der Waals surface area contributed by atoms with Gasteiger partial charge in [0.25, 0.3) is 0 Å². The van der Waals surface area contributed by atoms with Crippen LogP contribution in [0.15, 0.2) is 0 Å². The lowest BCUT2D eigenvalue weighted by molar-refractivity contribution is 0.104. The number of hydrogen-bond donors (Lipinski definition) is 0. The Balaban J connectivity index is 5.14. The highest BCUT2D eigenvalue weighted by Gasteiger charge is 2.49. The molecule has 0 bridgehead atoms. The summed E-state index contributed by atoms with van der Waals surface area (Å²) in [7, 11) is -4.32. The molecular formula is C14H36O2Si3. The fraction of sp³-hybridized carbons (Fsp3) is 1.00. The minimum atomic E-state index is -1.91. The van der Waals surface area contributed by atoms with Crippen LogP contribution in [0.1, 0.15) is 34.6 Å². The van der Waals surface area contributed by atoms with Crippen LogP contribution in [0.2, 0.25) is 45.3 Å². The minimum Gasteiger partial charge on any atom is -0.416 e. The quantitative estimate of drug-likeness (QED) is 0.640. The van der Waals surface area contributed by atoms with Gasteiger partial charge < -0.3 is 8.85 Å². The third-order valence-corrected chi connectivity index (χ3v) is 15.7. The van der Waals surface area contributed by atoms with Crippen molar-refractivity contribution in [2.75, 3.05) is 0 Å². The van der Waals surface area contributed by atoms with Crippen LogP contribution in [0.5, 0.6) is 0 Å². The maximum Gasteiger partial charge on any atom is 0.216 e. The third kappa shape index (κ3) is 4.81. The molecule has 0 heterocycles. The van der Waals surface area contributed by atoms with Gasteiger partial charge in [-0.05, 0) is 53.9 Å². The first-order chi connectivity index (χ1) is 8.18. The number of hydrogen-bond acceptors (Lipinski definition) is 2. The van der Waals surface area contributed by atoms with Crippen LogP contribution >= 0.6 is 0 Å². The van der Waals surface area contributed by atoms with E-state index in [1.54, 1.807) is 0 Å². The molecule has 0 saturated heterocycles. The lowest BCUT2D eigenvalue weighted by Crippen LogP contribution is -2.64. The van der Waals surface area contributed by atoms with Gasteiger partial charge >= 0.3 is 0 Å². The predicted molar refractivity (Wildman–Crippen MR) is 94.7 cm³/mol. The number of rotatable bonds is 7. The molecule has 0 aromatic rings. The summed E-state index contributed by atoms with van der Waals surface area (Å²) < 4.78 is 13.0. The van der Waals surface area contributed by atoms with Crippen LogP contribution < -0.4 is 0 Å². The summed E-state index contributed by atoms with van der Waals surface area (Å²) in [5.41, 5.74) is 0. The summed E-state index contributed by atoms with van der Waals surface area (Å²) in [6, 6.07) is 1.25. The van der Waals surface area contributed by atoms with Crippen LogP contribution in [0.25, 0.3) is 0 Å². The second kappa shape index (κ2) is 6.13. The summed E-state index contributed by atoms with van der Waals surface area (Å²) >= 11 is 0. The van der Waals surface area contributed by atoms with E-state index in [0.29, 0.717) is 0 Å².